The van der Waals surface area contributed by atoms with E-state index < -0.39 is 0 Å². The van der Waals surface area contributed by atoms with Crippen LogP contribution >= 0.6 is 11.6 Å². The molecule has 15 heavy (non-hydrogen) atoms. The Morgan fingerprint density at radius 2 is 2.27 bits per heavy atom. The molecule has 0 aliphatic rings. The molecular weight excluding hydrogens is 206 g/mol. The third kappa shape index (κ3) is 4.22. The van der Waals surface area contributed by atoms with Gasteiger partial charge in [-0.2, -0.15) is 0 Å². The van der Waals surface area contributed by atoms with Crippen LogP contribution in [0.4, 0.5) is 0 Å². The smallest absolute Gasteiger partial charge is 0.0458 e. The first-order valence-electron chi connectivity index (χ1n) is 4.90. The summed E-state index contributed by atoms with van der Waals surface area (Å²) in [5.74, 6) is 0. The van der Waals surface area contributed by atoms with Crippen molar-refractivity contribution in [3.05, 3.63) is 58.8 Å². The van der Waals surface area contributed by atoms with Crippen molar-refractivity contribution in [2.24, 2.45) is 0 Å². The number of hydrogen-bond acceptors (Lipinski definition) is 1. The van der Waals surface area contributed by atoms with Gasteiger partial charge in [-0.15, -0.1) is 0 Å². The Balaban J connectivity index is 2.54. The number of allylic oxidation sites excluding steroid dienone is 2. The van der Waals surface area contributed by atoms with Crippen molar-refractivity contribution in [2.75, 3.05) is 0 Å². The predicted octanol–water partition coefficient (Wildman–Crippen LogP) is 3.83. The summed E-state index contributed by atoms with van der Waals surface area (Å²) >= 11 is 6.09. The molecule has 0 amide bonds. The molecule has 0 saturated heterocycles. The summed E-state index contributed by atoms with van der Waals surface area (Å²) in [5.41, 5.74) is 3.31. The van der Waals surface area contributed by atoms with E-state index in [-0.39, 0.29) is 0 Å². The van der Waals surface area contributed by atoms with E-state index in [0.717, 1.165) is 22.7 Å². The van der Waals surface area contributed by atoms with Gasteiger partial charge in [0.15, 0.2) is 0 Å². The van der Waals surface area contributed by atoms with E-state index in [1.807, 2.05) is 38.3 Å². The van der Waals surface area contributed by atoms with Gasteiger partial charge in [-0.1, -0.05) is 35.9 Å². The molecule has 80 valence electrons. The van der Waals surface area contributed by atoms with Gasteiger partial charge in [0.2, 0.25) is 0 Å². The number of rotatable bonds is 4. The lowest BCUT2D eigenvalue weighted by Gasteiger charge is -2.05. The fraction of sp³-hybridized carbons (Fsp3) is 0.231. The van der Waals surface area contributed by atoms with E-state index in [0.29, 0.717) is 0 Å². The minimum absolute atomic E-state index is 0.739. The lowest BCUT2D eigenvalue weighted by Crippen LogP contribution is -2.04. The number of halogens is 1. The molecule has 0 aromatic heterocycles. The molecule has 1 rings (SSSR count). The van der Waals surface area contributed by atoms with E-state index in [4.69, 9.17) is 11.6 Å². The standard InChI is InChI=1S/C13H16ClN/c1-10(2)6-7-15-9-12-5-4-11(3)8-13(12)14/h4-8,15H,1,9H2,2-3H3/b7-6-. The van der Waals surface area contributed by atoms with Gasteiger partial charge in [0, 0.05) is 11.6 Å². The Morgan fingerprint density at radius 3 is 2.87 bits per heavy atom. The second kappa shape index (κ2) is 5.62. The summed E-state index contributed by atoms with van der Waals surface area (Å²) in [6, 6.07) is 6.08. The predicted molar refractivity (Wildman–Crippen MR) is 67.0 cm³/mol. The van der Waals surface area contributed by atoms with Crippen molar-refractivity contribution < 1.29 is 0 Å². The number of hydrogen-bond donors (Lipinski definition) is 1. The van der Waals surface area contributed by atoms with Gasteiger partial charge < -0.3 is 5.32 Å². The highest BCUT2D eigenvalue weighted by atomic mass is 35.5. The third-order valence-electron chi connectivity index (χ3n) is 1.99. The molecule has 0 bridgehead atoms. The van der Waals surface area contributed by atoms with Crippen LogP contribution in [0.5, 0.6) is 0 Å². The largest absolute Gasteiger partial charge is 0.387 e. The molecule has 1 nitrogen and oxygen atoms in total. The topological polar surface area (TPSA) is 12.0 Å². The summed E-state index contributed by atoms with van der Waals surface area (Å²) in [7, 11) is 0. The highest BCUT2D eigenvalue weighted by Gasteiger charge is 1.98. The van der Waals surface area contributed by atoms with Crippen LogP contribution in [0.2, 0.25) is 5.02 Å². The molecule has 0 spiro atoms. The van der Waals surface area contributed by atoms with Crippen LogP contribution in [0.3, 0.4) is 0 Å². The highest BCUT2D eigenvalue weighted by Crippen LogP contribution is 2.17. The molecule has 0 unspecified atom stereocenters. The quantitative estimate of drug-likeness (QED) is 0.763. The lowest BCUT2D eigenvalue weighted by molar-refractivity contribution is 0.868. The fourth-order valence-corrected chi connectivity index (χ4v) is 1.47. The van der Waals surface area contributed by atoms with Gasteiger partial charge in [-0.3, -0.25) is 0 Å². The maximum absolute atomic E-state index is 6.09. The lowest BCUT2D eigenvalue weighted by atomic mass is 10.1. The summed E-state index contributed by atoms with van der Waals surface area (Å²) < 4.78 is 0. The number of nitrogens with one attached hydrogen (secondary N) is 1. The third-order valence-corrected chi connectivity index (χ3v) is 2.34. The van der Waals surface area contributed by atoms with Crippen molar-refractivity contribution in [1.82, 2.24) is 5.32 Å². The van der Waals surface area contributed by atoms with E-state index in [9.17, 15) is 0 Å². The summed E-state index contributed by atoms with van der Waals surface area (Å²) in [5, 5.41) is 3.98. The molecule has 0 aliphatic carbocycles. The molecule has 0 atom stereocenters. The molecule has 0 aliphatic heterocycles. The molecule has 1 N–H and O–H groups in total. The van der Waals surface area contributed by atoms with E-state index >= 15 is 0 Å². The molecule has 1 aromatic rings. The minimum Gasteiger partial charge on any atom is -0.387 e. The Kier molecular flexibility index (Phi) is 4.44. The van der Waals surface area contributed by atoms with Gasteiger partial charge in [-0.25, -0.2) is 0 Å². The average molecular weight is 222 g/mol. The normalized spacial score (nSPS) is 10.6. The monoisotopic (exact) mass is 221 g/mol. The van der Waals surface area contributed by atoms with Gasteiger partial charge in [0.05, 0.1) is 0 Å². The second-order valence-electron chi connectivity index (χ2n) is 3.66. The maximum atomic E-state index is 6.09. The zero-order chi connectivity index (χ0) is 11.3. The summed E-state index contributed by atoms with van der Waals surface area (Å²) in [6.45, 7) is 8.50. The average Bonchev–Trinajstić information content (AvgIpc) is 2.14. The van der Waals surface area contributed by atoms with E-state index in [1.165, 1.54) is 5.56 Å². The van der Waals surface area contributed by atoms with Crippen LogP contribution in [0.15, 0.2) is 42.6 Å². The summed E-state index contributed by atoms with van der Waals surface area (Å²) in [4.78, 5) is 0. The Labute approximate surface area is 96.5 Å². The summed E-state index contributed by atoms with van der Waals surface area (Å²) in [6.07, 6.45) is 3.82. The minimum atomic E-state index is 0.739. The highest BCUT2D eigenvalue weighted by molar-refractivity contribution is 6.31. The fourth-order valence-electron chi connectivity index (χ4n) is 1.17. The SMILES string of the molecule is C=C(C)/C=C\NCc1ccc(C)cc1Cl. The first kappa shape index (κ1) is 11.9. The molecule has 0 heterocycles. The van der Waals surface area contributed by atoms with E-state index in [2.05, 4.69) is 18.0 Å². The van der Waals surface area contributed by atoms with Crippen LogP contribution in [0, 0.1) is 6.92 Å². The van der Waals surface area contributed by atoms with Crippen molar-refractivity contribution in [1.29, 1.82) is 0 Å². The van der Waals surface area contributed by atoms with Crippen molar-refractivity contribution in [3.63, 3.8) is 0 Å². The number of benzene rings is 1. The maximum Gasteiger partial charge on any atom is 0.0458 e. The second-order valence-corrected chi connectivity index (χ2v) is 4.06. The molecule has 2 heteroatoms. The van der Waals surface area contributed by atoms with Crippen LogP contribution in [0.25, 0.3) is 0 Å². The molecule has 0 radical (unpaired) electrons. The molecule has 0 fully saturated rings. The van der Waals surface area contributed by atoms with Crippen molar-refractivity contribution in [3.8, 4) is 0 Å². The van der Waals surface area contributed by atoms with Gasteiger partial charge >= 0.3 is 0 Å². The Hall–Kier alpha value is -1.21. The van der Waals surface area contributed by atoms with Crippen LogP contribution in [-0.4, -0.2) is 0 Å². The first-order valence-corrected chi connectivity index (χ1v) is 5.28. The zero-order valence-electron chi connectivity index (χ0n) is 9.18. The Morgan fingerprint density at radius 1 is 1.53 bits per heavy atom. The van der Waals surface area contributed by atoms with E-state index in [1.54, 1.807) is 0 Å². The molecular formula is C13H16ClN. The van der Waals surface area contributed by atoms with Crippen LogP contribution in [-0.2, 0) is 6.54 Å². The van der Waals surface area contributed by atoms with Crippen LogP contribution in [0.1, 0.15) is 18.1 Å². The molecule has 1 aromatic carbocycles. The van der Waals surface area contributed by atoms with Gasteiger partial charge in [0.1, 0.15) is 0 Å². The van der Waals surface area contributed by atoms with Crippen molar-refractivity contribution >= 4 is 11.6 Å². The Bertz CT molecular complexity index is 380. The zero-order valence-corrected chi connectivity index (χ0v) is 9.93. The van der Waals surface area contributed by atoms with Gasteiger partial charge in [0.25, 0.3) is 0 Å². The molecule has 0 saturated carbocycles. The first-order chi connectivity index (χ1) is 7.09. The van der Waals surface area contributed by atoms with Crippen molar-refractivity contribution in [2.45, 2.75) is 20.4 Å². The van der Waals surface area contributed by atoms with Crippen LogP contribution < -0.4 is 5.32 Å². The number of aryl methyl sites for hydroxylation is 1. The van der Waals surface area contributed by atoms with Gasteiger partial charge in [-0.05, 0) is 43.3 Å².